The summed E-state index contributed by atoms with van der Waals surface area (Å²) in [6.45, 7) is 3.93. The standard InChI is InChI=1S/C9H19ClN2O3S/c1-4-12(3)9(13)6-11-16(14,15)7-8(2)5-10/h8,11H,4-7H2,1-3H3. The first-order valence-corrected chi connectivity index (χ1v) is 7.28. The molecule has 0 aromatic rings. The Morgan fingerprint density at radius 1 is 1.50 bits per heavy atom. The molecule has 1 amide bonds. The first-order chi connectivity index (χ1) is 7.32. The predicted octanol–water partition coefficient (Wildman–Crippen LogP) is 0.259. The zero-order chi connectivity index (χ0) is 12.8. The van der Waals surface area contributed by atoms with Crippen molar-refractivity contribution in [2.75, 3.05) is 31.8 Å². The molecule has 0 rings (SSSR count). The Balaban J connectivity index is 4.14. The molecule has 1 unspecified atom stereocenters. The summed E-state index contributed by atoms with van der Waals surface area (Å²) in [5, 5.41) is 0. The average Bonchev–Trinajstić information content (AvgIpc) is 2.24. The Bertz CT molecular complexity index is 319. The van der Waals surface area contributed by atoms with Gasteiger partial charge in [0.2, 0.25) is 15.9 Å². The van der Waals surface area contributed by atoms with Crippen molar-refractivity contribution in [2.24, 2.45) is 5.92 Å². The lowest BCUT2D eigenvalue weighted by Gasteiger charge is -2.15. The first kappa shape index (κ1) is 15.7. The van der Waals surface area contributed by atoms with Gasteiger partial charge in [-0.3, -0.25) is 4.79 Å². The van der Waals surface area contributed by atoms with Crippen molar-refractivity contribution in [1.82, 2.24) is 9.62 Å². The highest BCUT2D eigenvalue weighted by molar-refractivity contribution is 7.89. The maximum atomic E-state index is 11.5. The number of rotatable bonds is 7. The van der Waals surface area contributed by atoms with E-state index in [1.54, 1.807) is 14.0 Å². The van der Waals surface area contributed by atoms with Crippen LogP contribution >= 0.6 is 11.6 Å². The van der Waals surface area contributed by atoms with Crippen molar-refractivity contribution < 1.29 is 13.2 Å². The number of likely N-dealkylation sites (N-methyl/N-ethyl adjacent to an activating group) is 1. The number of hydrogen-bond acceptors (Lipinski definition) is 3. The summed E-state index contributed by atoms with van der Waals surface area (Å²) in [5.74, 6) is -0.147. The van der Waals surface area contributed by atoms with Crippen molar-refractivity contribution in [3.63, 3.8) is 0 Å². The minimum Gasteiger partial charge on any atom is -0.345 e. The highest BCUT2D eigenvalue weighted by Gasteiger charge is 2.17. The van der Waals surface area contributed by atoms with Crippen LogP contribution in [0.15, 0.2) is 0 Å². The molecular formula is C9H19ClN2O3S. The Kier molecular flexibility index (Phi) is 6.94. The number of sulfonamides is 1. The fourth-order valence-corrected chi connectivity index (χ4v) is 2.53. The molecule has 0 aromatic heterocycles. The van der Waals surface area contributed by atoms with Gasteiger partial charge in [-0.25, -0.2) is 13.1 Å². The summed E-state index contributed by atoms with van der Waals surface area (Å²) in [6.07, 6.45) is 0. The molecule has 1 atom stereocenters. The van der Waals surface area contributed by atoms with E-state index in [0.717, 1.165) is 0 Å². The van der Waals surface area contributed by atoms with Gasteiger partial charge in [0, 0.05) is 19.5 Å². The van der Waals surface area contributed by atoms with Gasteiger partial charge >= 0.3 is 0 Å². The number of halogens is 1. The Morgan fingerprint density at radius 3 is 2.50 bits per heavy atom. The number of hydrogen-bond donors (Lipinski definition) is 1. The van der Waals surface area contributed by atoms with Crippen LogP contribution in [0.1, 0.15) is 13.8 Å². The van der Waals surface area contributed by atoms with Gasteiger partial charge in [-0.1, -0.05) is 6.92 Å². The molecule has 0 radical (unpaired) electrons. The third kappa shape index (κ3) is 6.30. The topological polar surface area (TPSA) is 66.5 Å². The van der Waals surface area contributed by atoms with Gasteiger partial charge in [0.15, 0.2) is 0 Å². The average molecular weight is 271 g/mol. The minimum absolute atomic E-state index is 0.0559. The minimum atomic E-state index is -3.41. The van der Waals surface area contributed by atoms with E-state index in [0.29, 0.717) is 6.54 Å². The largest absolute Gasteiger partial charge is 0.345 e. The molecule has 0 bridgehead atoms. The van der Waals surface area contributed by atoms with Crippen LogP contribution in [0.5, 0.6) is 0 Å². The zero-order valence-electron chi connectivity index (χ0n) is 9.86. The summed E-state index contributed by atoms with van der Waals surface area (Å²) < 4.78 is 25.2. The van der Waals surface area contributed by atoms with E-state index in [1.165, 1.54) is 4.90 Å². The fraction of sp³-hybridized carbons (Fsp3) is 0.889. The third-order valence-electron chi connectivity index (χ3n) is 2.11. The van der Waals surface area contributed by atoms with E-state index < -0.39 is 10.0 Å². The Hall–Kier alpha value is -0.330. The summed E-state index contributed by atoms with van der Waals surface area (Å²) in [7, 11) is -1.79. The van der Waals surface area contributed by atoms with Crippen LogP contribution in [-0.4, -0.2) is 51.0 Å². The van der Waals surface area contributed by atoms with Crippen molar-refractivity contribution in [3.8, 4) is 0 Å². The molecule has 16 heavy (non-hydrogen) atoms. The van der Waals surface area contributed by atoms with E-state index in [4.69, 9.17) is 11.6 Å². The van der Waals surface area contributed by atoms with Crippen LogP contribution < -0.4 is 4.72 Å². The summed E-state index contributed by atoms with van der Waals surface area (Å²) >= 11 is 5.53. The van der Waals surface area contributed by atoms with E-state index >= 15 is 0 Å². The van der Waals surface area contributed by atoms with Gasteiger partial charge in [0.05, 0.1) is 12.3 Å². The lowest BCUT2D eigenvalue weighted by atomic mass is 10.3. The number of nitrogens with zero attached hydrogens (tertiary/aromatic N) is 1. The number of carbonyl (C=O) groups is 1. The Labute approximate surface area is 102 Å². The number of alkyl halides is 1. The third-order valence-corrected chi connectivity index (χ3v) is 4.23. The van der Waals surface area contributed by atoms with Gasteiger partial charge in [-0.2, -0.15) is 0 Å². The van der Waals surface area contributed by atoms with E-state index in [1.807, 2.05) is 6.92 Å². The summed E-state index contributed by atoms with van der Waals surface area (Å²) in [6, 6.07) is 0. The second-order valence-corrected chi connectivity index (χ2v) is 5.93. The number of amides is 1. The molecule has 0 saturated heterocycles. The lowest BCUT2D eigenvalue weighted by Crippen LogP contribution is -2.39. The van der Waals surface area contributed by atoms with Crippen LogP contribution in [0.25, 0.3) is 0 Å². The monoisotopic (exact) mass is 270 g/mol. The van der Waals surface area contributed by atoms with Gasteiger partial charge < -0.3 is 4.90 Å². The molecule has 5 nitrogen and oxygen atoms in total. The highest BCUT2D eigenvalue weighted by atomic mass is 35.5. The first-order valence-electron chi connectivity index (χ1n) is 5.09. The van der Waals surface area contributed by atoms with Crippen LogP contribution in [0, 0.1) is 5.92 Å². The molecule has 96 valence electrons. The van der Waals surface area contributed by atoms with Crippen molar-refractivity contribution in [1.29, 1.82) is 0 Å². The lowest BCUT2D eigenvalue weighted by molar-refractivity contribution is -0.128. The maximum absolute atomic E-state index is 11.5. The quantitative estimate of drug-likeness (QED) is 0.675. The molecule has 0 aromatic carbocycles. The Morgan fingerprint density at radius 2 is 2.06 bits per heavy atom. The summed E-state index contributed by atoms with van der Waals surface area (Å²) in [4.78, 5) is 12.8. The normalized spacial score (nSPS) is 13.5. The second kappa shape index (κ2) is 7.09. The van der Waals surface area contributed by atoms with Gasteiger partial charge in [-0.05, 0) is 12.8 Å². The molecule has 0 aliphatic carbocycles. The van der Waals surface area contributed by atoms with E-state index in [-0.39, 0.29) is 30.0 Å². The second-order valence-electron chi connectivity index (χ2n) is 3.77. The van der Waals surface area contributed by atoms with Gasteiger partial charge in [-0.15, -0.1) is 11.6 Å². The maximum Gasteiger partial charge on any atom is 0.237 e. The molecule has 1 N–H and O–H groups in total. The smallest absolute Gasteiger partial charge is 0.237 e. The van der Waals surface area contributed by atoms with Crippen LogP contribution in [0.3, 0.4) is 0 Å². The molecule has 0 aliphatic heterocycles. The highest BCUT2D eigenvalue weighted by Crippen LogP contribution is 2.01. The van der Waals surface area contributed by atoms with Crippen LogP contribution in [-0.2, 0) is 14.8 Å². The van der Waals surface area contributed by atoms with Crippen LogP contribution in [0.4, 0.5) is 0 Å². The van der Waals surface area contributed by atoms with Crippen molar-refractivity contribution >= 4 is 27.5 Å². The molecule has 7 heteroatoms. The van der Waals surface area contributed by atoms with E-state index in [2.05, 4.69) is 4.72 Å². The predicted molar refractivity (Wildman–Crippen MR) is 65.0 cm³/mol. The molecular weight excluding hydrogens is 252 g/mol. The zero-order valence-corrected chi connectivity index (χ0v) is 11.4. The van der Waals surface area contributed by atoms with Crippen molar-refractivity contribution in [2.45, 2.75) is 13.8 Å². The van der Waals surface area contributed by atoms with Gasteiger partial charge in [0.1, 0.15) is 0 Å². The number of nitrogens with one attached hydrogen (secondary N) is 1. The van der Waals surface area contributed by atoms with Crippen molar-refractivity contribution in [3.05, 3.63) is 0 Å². The molecule has 0 spiro atoms. The SMILES string of the molecule is CCN(C)C(=O)CNS(=O)(=O)CC(C)CCl. The van der Waals surface area contributed by atoms with Crippen LogP contribution in [0.2, 0.25) is 0 Å². The molecule has 0 heterocycles. The van der Waals surface area contributed by atoms with Gasteiger partial charge in [0.25, 0.3) is 0 Å². The van der Waals surface area contributed by atoms with E-state index in [9.17, 15) is 13.2 Å². The summed E-state index contributed by atoms with van der Waals surface area (Å²) in [5.41, 5.74) is 0. The molecule has 0 fully saturated rings. The molecule has 0 aliphatic rings. The number of carbonyl (C=O) groups excluding carboxylic acids is 1. The molecule has 0 saturated carbocycles. The fourth-order valence-electron chi connectivity index (χ4n) is 0.961.